The second-order valence-electron chi connectivity index (χ2n) is 5.40. The molecule has 0 aliphatic carbocycles. The van der Waals surface area contributed by atoms with E-state index in [-0.39, 0.29) is 19.5 Å². The Labute approximate surface area is 165 Å². The van der Waals surface area contributed by atoms with Gasteiger partial charge < -0.3 is 30.4 Å². The van der Waals surface area contributed by atoms with E-state index in [9.17, 15) is 0 Å². The van der Waals surface area contributed by atoms with Gasteiger partial charge in [-0.15, -0.1) is 0 Å². The Hall–Kier alpha value is 0.0634. The van der Waals surface area contributed by atoms with Gasteiger partial charge in [-0.1, -0.05) is 24.4 Å². The van der Waals surface area contributed by atoms with Crippen molar-refractivity contribution in [1.29, 1.82) is 0 Å². The van der Waals surface area contributed by atoms with Crippen molar-refractivity contribution >= 4 is 34.8 Å². The van der Waals surface area contributed by atoms with Crippen molar-refractivity contribution in [3.8, 4) is 0 Å². The monoisotopic (exact) mass is 446 g/mol. The summed E-state index contributed by atoms with van der Waals surface area (Å²) in [6, 6.07) is 0. The summed E-state index contributed by atoms with van der Waals surface area (Å²) in [6.45, 7) is 9.40. The molecule has 1 aliphatic heterocycles. The first-order chi connectivity index (χ1) is 10.4. The van der Waals surface area contributed by atoms with Crippen molar-refractivity contribution in [2.24, 2.45) is 0 Å². The fourth-order valence-electron chi connectivity index (χ4n) is 1.81. The first kappa shape index (κ1) is 27.9. The van der Waals surface area contributed by atoms with E-state index in [1.54, 1.807) is 0 Å². The maximum Gasteiger partial charge on any atom is 6.00 e. The van der Waals surface area contributed by atoms with Gasteiger partial charge in [0.1, 0.15) is 0 Å². The minimum atomic E-state index is 0. The number of likely N-dealkylation sites (N-methyl/N-ethyl adjacent to an activating group) is 4. The predicted molar refractivity (Wildman–Crippen MR) is 102 cm³/mol. The van der Waals surface area contributed by atoms with Gasteiger partial charge in [-0.2, -0.15) is 10.3 Å². The smallest absolute Gasteiger partial charge is 0.753 e. The largest absolute Gasteiger partial charge is 6.00 e. The van der Waals surface area contributed by atoms with Crippen LogP contribution in [-0.2, 0) is 19.5 Å². The third-order valence-corrected chi connectivity index (χ3v) is 3.45. The molecule has 0 aromatic heterocycles. The molecule has 23 heavy (non-hydrogen) atoms. The van der Waals surface area contributed by atoms with Crippen LogP contribution in [0.3, 0.4) is 0 Å². The van der Waals surface area contributed by atoms with E-state index in [2.05, 4.69) is 72.2 Å². The van der Waals surface area contributed by atoms with Crippen LogP contribution in [0.4, 0.5) is 0 Å². The van der Waals surface area contributed by atoms with Crippen LogP contribution >= 0.6 is 24.4 Å². The van der Waals surface area contributed by atoms with E-state index >= 15 is 0 Å². The van der Waals surface area contributed by atoms with Crippen LogP contribution in [0.5, 0.6) is 0 Å². The molecule has 1 fully saturated rings. The summed E-state index contributed by atoms with van der Waals surface area (Å²) in [5.41, 5.74) is 0. The molecule has 0 bridgehead atoms. The topological polar surface area (TPSA) is 57.6 Å². The van der Waals surface area contributed by atoms with Gasteiger partial charge in [-0.05, 0) is 28.2 Å². The zero-order chi connectivity index (χ0) is 17.4. The van der Waals surface area contributed by atoms with E-state index in [0.29, 0.717) is 0 Å². The molecule has 1 aliphatic rings. The molecule has 1 saturated heterocycles. The van der Waals surface area contributed by atoms with E-state index in [1.807, 2.05) is 0 Å². The van der Waals surface area contributed by atoms with E-state index < -0.39 is 0 Å². The molecule has 0 aromatic carbocycles. The predicted octanol–water partition coefficient (Wildman–Crippen LogP) is 1.04. The molecule has 0 saturated carbocycles. The maximum absolute atomic E-state index is 7.13. The van der Waals surface area contributed by atoms with Crippen molar-refractivity contribution < 1.29 is 19.5 Å². The Morgan fingerprint density at radius 2 is 0.652 bits per heavy atom. The van der Waals surface area contributed by atoms with Crippen molar-refractivity contribution in [2.45, 2.75) is 0 Å². The Balaban J connectivity index is -0.000000497. The number of hydrogen-bond acceptors (Lipinski definition) is 6. The molecule has 0 aromatic rings. The van der Waals surface area contributed by atoms with Crippen LogP contribution < -0.4 is 0 Å². The molecule has 0 unspecified atom stereocenters. The van der Waals surface area contributed by atoms with Gasteiger partial charge in [0, 0.05) is 52.4 Å². The fraction of sp³-hybridized carbons (Fsp3) is 0.857. The zero-order valence-electron chi connectivity index (χ0n) is 14.5. The Morgan fingerprint density at radius 1 is 0.565 bits per heavy atom. The molecule has 6 nitrogen and oxygen atoms in total. The molecule has 1 heterocycles. The summed E-state index contributed by atoms with van der Waals surface area (Å²) in [5, 5.41) is 16.9. The summed E-state index contributed by atoms with van der Waals surface area (Å²) in [7, 11) is 8.89. The van der Waals surface area contributed by atoms with E-state index in [1.165, 1.54) is 62.7 Å². The minimum Gasteiger partial charge on any atom is -0.753 e. The average Bonchev–Trinajstić information content (AvgIpc) is 2.47. The van der Waals surface area contributed by atoms with Crippen molar-refractivity contribution in [3.63, 3.8) is 0 Å². The van der Waals surface area contributed by atoms with Gasteiger partial charge in [0.05, 0.1) is 0 Å². The average molecular weight is 446 g/mol. The molecular weight excluding hydrogens is 417 g/mol. The molecule has 0 N–H and O–H groups in total. The van der Waals surface area contributed by atoms with Gasteiger partial charge in [-0.25, -0.2) is 0 Å². The fourth-order valence-corrected chi connectivity index (χ4v) is 1.81. The first-order valence-electron chi connectivity index (χ1n) is 7.17. The summed E-state index contributed by atoms with van der Waals surface area (Å²) in [5.74, 6) is 0. The zero-order valence-corrected chi connectivity index (χ0v) is 17.9. The van der Waals surface area contributed by atoms with E-state index in [4.69, 9.17) is 10.8 Å². The number of nitrogens with zero attached hydrogens (tertiary/aromatic N) is 6. The third-order valence-electron chi connectivity index (χ3n) is 3.45. The maximum atomic E-state index is 7.13. The second-order valence-corrected chi connectivity index (χ2v) is 5.76. The van der Waals surface area contributed by atoms with Gasteiger partial charge in [0.15, 0.2) is 0 Å². The van der Waals surface area contributed by atoms with Crippen LogP contribution in [0.2, 0.25) is 0 Å². The van der Waals surface area contributed by atoms with Crippen LogP contribution in [0, 0.1) is 0 Å². The first-order valence-corrected chi connectivity index (χ1v) is 7.99. The summed E-state index contributed by atoms with van der Waals surface area (Å²) in [6.07, 6.45) is 0. The Bertz CT molecular complexity index is 265. The normalized spacial score (nSPS) is 19.0. The van der Waals surface area contributed by atoms with Crippen molar-refractivity contribution in [3.05, 3.63) is 10.8 Å². The van der Waals surface area contributed by atoms with Gasteiger partial charge >= 0.3 is 19.5 Å². The van der Waals surface area contributed by atoms with Crippen LogP contribution in [0.15, 0.2) is 0 Å². The van der Waals surface area contributed by atoms with Gasteiger partial charge in [0.2, 0.25) is 0 Å². The molecule has 1 rings (SSSR count). The minimum absolute atomic E-state index is 0. The summed E-state index contributed by atoms with van der Waals surface area (Å²) < 4.78 is 0. The van der Waals surface area contributed by atoms with Crippen LogP contribution in [0.25, 0.3) is 10.8 Å². The van der Waals surface area contributed by atoms with Gasteiger partial charge in [0.25, 0.3) is 0 Å². The van der Waals surface area contributed by atoms with Crippen LogP contribution in [0.1, 0.15) is 0 Å². The SMILES string of the molecule is CN1CCN(C)CCN(C)CCN(C)CC1.[N-]=C=S.[N-]=C=S.[Ru+6]. The molecule has 130 valence electrons. The number of isothiocyanates is 2. The molecule has 0 atom stereocenters. The van der Waals surface area contributed by atoms with Gasteiger partial charge in [-0.3, -0.25) is 0 Å². The molecular formula is C14H28N6RuS2+4. The molecule has 0 amide bonds. The second kappa shape index (κ2) is 20.1. The Kier molecular flexibility index (Phi) is 24.4. The van der Waals surface area contributed by atoms with E-state index in [0.717, 1.165) is 0 Å². The number of thiocarbonyl (C=S) groups is 2. The molecule has 0 radical (unpaired) electrons. The summed E-state index contributed by atoms with van der Waals surface area (Å²) >= 11 is 7.40. The Morgan fingerprint density at radius 3 is 0.739 bits per heavy atom. The quantitative estimate of drug-likeness (QED) is 0.316. The summed E-state index contributed by atoms with van der Waals surface area (Å²) in [4.78, 5) is 9.72. The van der Waals surface area contributed by atoms with Crippen molar-refractivity contribution in [1.82, 2.24) is 19.6 Å². The van der Waals surface area contributed by atoms with Crippen molar-refractivity contribution in [2.75, 3.05) is 80.5 Å². The third kappa shape index (κ3) is 22.1. The number of hydrogen-bond donors (Lipinski definition) is 0. The van der Waals surface area contributed by atoms with Crippen LogP contribution in [-0.4, -0.2) is 110 Å². The molecule has 0 spiro atoms. The standard InChI is InChI=1S/C12H28N4.2CNS.Ru/c1-13-5-7-14(2)9-11-16(4)12-10-15(3)8-6-13;2*2-1-3;/h5-12H2,1-4H3;;;/q;2*-1;+6. The number of rotatable bonds is 0. The molecule has 9 heteroatoms.